The van der Waals surface area contributed by atoms with Gasteiger partial charge >= 0.3 is 0 Å². The van der Waals surface area contributed by atoms with Gasteiger partial charge < -0.3 is 10.6 Å². The van der Waals surface area contributed by atoms with Crippen molar-refractivity contribution in [1.29, 1.82) is 0 Å². The Bertz CT molecular complexity index is 653. The number of hydrogen-bond donors (Lipinski definition) is 2. The molecule has 1 fully saturated rings. The first kappa shape index (κ1) is 14.2. The Kier molecular flexibility index (Phi) is 4.29. The summed E-state index contributed by atoms with van der Waals surface area (Å²) < 4.78 is 0. The van der Waals surface area contributed by atoms with E-state index in [0.717, 1.165) is 28.8 Å². The zero-order valence-corrected chi connectivity index (χ0v) is 12.9. The second-order valence-electron chi connectivity index (χ2n) is 5.21. The molecule has 4 nitrogen and oxygen atoms in total. The summed E-state index contributed by atoms with van der Waals surface area (Å²) in [5.74, 6) is 2.86. The van der Waals surface area contributed by atoms with E-state index in [1.54, 1.807) is 0 Å². The van der Waals surface area contributed by atoms with Crippen molar-refractivity contribution in [2.75, 3.05) is 23.9 Å². The molecule has 1 aliphatic heterocycles. The number of anilines is 1. The van der Waals surface area contributed by atoms with E-state index < -0.39 is 0 Å². The molecule has 1 aromatic carbocycles. The van der Waals surface area contributed by atoms with Gasteiger partial charge in [0.25, 0.3) is 5.91 Å². The maximum atomic E-state index is 12.4. The van der Waals surface area contributed by atoms with Crippen LogP contribution in [0.3, 0.4) is 0 Å². The summed E-state index contributed by atoms with van der Waals surface area (Å²) in [6.45, 7) is 0. The Morgan fingerprint density at radius 2 is 2.24 bits per heavy atom. The molecular formula is C16H19N3OS. The fourth-order valence-corrected chi connectivity index (χ4v) is 3.69. The molecule has 1 unspecified atom stereocenters. The molecule has 0 saturated carbocycles. The third kappa shape index (κ3) is 3.13. The molecular weight excluding hydrogens is 282 g/mol. The highest BCUT2D eigenvalue weighted by Crippen LogP contribution is 2.22. The molecule has 2 aromatic rings. The SMILES string of the molecule is CNc1nc(C(=O)NC2CCCSC2)cc2ccccc12. The van der Waals surface area contributed by atoms with Gasteiger partial charge in [-0.05, 0) is 30.0 Å². The third-order valence-electron chi connectivity index (χ3n) is 3.71. The van der Waals surface area contributed by atoms with Gasteiger partial charge in [0.1, 0.15) is 11.5 Å². The summed E-state index contributed by atoms with van der Waals surface area (Å²) in [4.78, 5) is 16.9. The molecule has 1 aromatic heterocycles. The van der Waals surface area contributed by atoms with Crippen molar-refractivity contribution in [3.05, 3.63) is 36.0 Å². The van der Waals surface area contributed by atoms with Crippen LogP contribution >= 0.6 is 11.8 Å². The molecule has 0 aliphatic carbocycles. The zero-order valence-electron chi connectivity index (χ0n) is 12.1. The van der Waals surface area contributed by atoms with Crippen LogP contribution in [-0.4, -0.2) is 35.5 Å². The molecule has 2 N–H and O–H groups in total. The largest absolute Gasteiger partial charge is 0.373 e. The second-order valence-corrected chi connectivity index (χ2v) is 6.36. The van der Waals surface area contributed by atoms with Crippen molar-refractivity contribution in [3.8, 4) is 0 Å². The van der Waals surface area contributed by atoms with Crippen molar-refractivity contribution in [2.45, 2.75) is 18.9 Å². The van der Waals surface area contributed by atoms with Gasteiger partial charge in [0.15, 0.2) is 0 Å². The quantitative estimate of drug-likeness (QED) is 0.915. The summed E-state index contributed by atoms with van der Waals surface area (Å²) in [6.07, 6.45) is 2.23. The van der Waals surface area contributed by atoms with Gasteiger partial charge in [-0.2, -0.15) is 11.8 Å². The van der Waals surface area contributed by atoms with Crippen LogP contribution in [0.25, 0.3) is 10.8 Å². The first-order valence-electron chi connectivity index (χ1n) is 7.24. The minimum atomic E-state index is -0.0789. The number of thioether (sulfide) groups is 1. The first-order chi connectivity index (χ1) is 10.3. The van der Waals surface area contributed by atoms with Gasteiger partial charge in [0.05, 0.1) is 0 Å². The molecule has 1 amide bonds. The van der Waals surface area contributed by atoms with Crippen molar-refractivity contribution >= 4 is 34.3 Å². The highest BCUT2D eigenvalue weighted by atomic mass is 32.2. The van der Waals surface area contributed by atoms with Crippen molar-refractivity contribution in [1.82, 2.24) is 10.3 Å². The van der Waals surface area contributed by atoms with Crippen LogP contribution in [0.5, 0.6) is 0 Å². The number of hydrogen-bond acceptors (Lipinski definition) is 4. The van der Waals surface area contributed by atoms with E-state index in [0.29, 0.717) is 5.69 Å². The van der Waals surface area contributed by atoms with Gasteiger partial charge in [-0.1, -0.05) is 24.3 Å². The number of rotatable bonds is 3. The Labute approximate surface area is 128 Å². The molecule has 110 valence electrons. The summed E-state index contributed by atoms with van der Waals surface area (Å²) >= 11 is 1.90. The second kappa shape index (κ2) is 6.35. The zero-order chi connectivity index (χ0) is 14.7. The summed E-state index contributed by atoms with van der Waals surface area (Å²) in [7, 11) is 1.83. The van der Waals surface area contributed by atoms with Crippen LogP contribution in [0, 0.1) is 0 Å². The highest BCUT2D eigenvalue weighted by molar-refractivity contribution is 7.99. The Morgan fingerprint density at radius 1 is 1.38 bits per heavy atom. The minimum absolute atomic E-state index is 0.0789. The van der Waals surface area contributed by atoms with Gasteiger partial charge in [-0.3, -0.25) is 4.79 Å². The third-order valence-corrected chi connectivity index (χ3v) is 4.92. The molecule has 21 heavy (non-hydrogen) atoms. The summed E-state index contributed by atoms with van der Waals surface area (Å²) in [5, 5.41) is 8.23. The highest BCUT2D eigenvalue weighted by Gasteiger charge is 2.18. The van der Waals surface area contributed by atoms with Crippen LogP contribution in [0.2, 0.25) is 0 Å². The van der Waals surface area contributed by atoms with Gasteiger partial charge in [0, 0.05) is 24.2 Å². The molecule has 3 rings (SSSR count). The van der Waals surface area contributed by atoms with Crippen LogP contribution in [-0.2, 0) is 0 Å². The number of fused-ring (bicyclic) bond motifs is 1. The molecule has 5 heteroatoms. The molecule has 2 heterocycles. The summed E-state index contributed by atoms with van der Waals surface area (Å²) in [6, 6.07) is 10.1. The normalized spacial score (nSPS) is 18.4. The maximum absolute atomic E-state index is 12.4. The van der Waals surface area contributed by atoms with E-state index in [4.69, 9.17) is 0 Å². The number of nitrogens with zero attached hydrogens (tertiary/aromatic N) is 1. The number of carbonyl (C=O) groups is 1. The molecule has 0 bridgehead atoms. The van der Waals surface area contributed by atoms with E-state index in [1.165, 1.54) is 12.2 Å². The number of nitrogens with one attached hydrogen (secondary N) is 2. The van der Waals surface area contributed by atoms with Crippen molar-refractivity contribution in [3.63, 3.8) is 0 Å². The first-order valence-corrected chi connectivity index (χ1v) is 8.39. The molecule has 1 saturated heterocycles. The fourth-order valence-electron chi connectivity index (χ4n) is 2.62. The van der Waals surface area contributed by atoms with Crippen LogP contribution < -0.4 is 10.6 Å². The van der Waals surface area contributed by atoms with Gasteiger partial charge in [-0.15, -0.1) is 0 Å². The smallest absolute Gasteiger partial charge is 0.270 e. The van der Waals surface area contributed by atoms with Crippen molar-refractivity contribution < 1.29 is 4.79 Å². The molecule has 1 atom stereocenters. The molecule has 1 aliphatic rings. The van der Waals surface area contributed by atoms with E-state index in [-0.39, 0.29) is 11.9 Å². The number of amides is 1. The predicted molar refractivity (Wildman–Crippen MR) is 89.1 cm³/mol. The van der Waals surface area contributed by atoms with Crippen LogP contribution in [0.1, 0.15) is 23.3 Å². The topological polar surface area (TPSA) is 54.0 Å². The number of benzene rings is 1. The predicted octanol–water partition coefficient (Wildman–Crippen LogP) is 2.90. The summed E-state index contributed by atoms with van der Waals surface area (Å²) in [5.41, 5.74) is 0.480. The van der Waals surface area contributed by atoms with E-state index in [2.05, 4.69) is 15.6 Å². The number of pyridine rings is 1. The van der Waals surface area contributed by atoms with Crippen LogP contribution in [0.4, 0.5) is 5.82 Å². The molecule has 0 radical (unpaired) electrons. The van der Waals surface area contributed by atoms with Crippen molar-refractivity contribution in [2.24, 2.45) is 0 Å². The lowest BCUT2D eigenvalue weighted by molar-refractivity contribution is 0.0934. The average molecular weight is 301 g/mol. The number of carbonyl (C=O) groups excluding carboxylic acids is 1. The van der Waals surface area contributed by atoms with Gasteiger partial charge in [-0.25, -0.2) is 4.98 Å². The lowest BCUT2D eigenvalue weighted by Crippen LogP contribution is -2.38. The van der Waals surface area contributed by atoms with E-state index >= 15 is 0 Å². The average Bonchev–Trinajstić information content (AvgIpc) is 2.54. The Morgan fingerprint density at radius 3 is 3.00 bits per heavy atom. The Balaban J connectivity index is 1.87. The van der Waals surface area contributed by atoms with E-state index in [9.17, 15) is 4.79 Å². The van der Waals surface area contributed by atoms with Crippen LogP contribution in [0.15, 0.2) is 30.3 Å². The minimum Gasteiger partial charge on any atom is -0.373 e. The molecule has 0 spiro atoms. The monoisotopic (exact) mass is 301 g/mol. The Hall–Kier alpha value is -1.75. The lowest BCUT2D eigenvalue weighted by atomic mass is 10.1. The van der Waals surface area contributed by atoms with Gasteiger partial charge in [0.2, 0.25) is 0 Å². The number of aromatic nitrogens is 1. The standard InChI is InChI=1S/C16H19N3OS/c1-17-15-13-7-3-2-5-11(13)9-14(19-15)16(20)18-12-6-4-8-21-10-12/h2-3,5,7,9,12H,4,6,8,10H2,1H3,(H,17,19)(H,18,20). The van der Waals surface area contributed by atoms with E-state index in [1.807, 2.05) is 49.1 Å². The fraction of sp³-hybridized carbons (Fsp3) is 0.375. The maximum Gasteiger partial charge on any atom is 0.270 e. The lowest BCUT2D eigenvalue weighted by Gasteiger charge is -2.22.